The zero-order chi connectivity index (χ0) is 17.3. The van der Waals surface area contributed by atoms with Gasteiger partial charge in [-0.25, -0.2) is 0 Å². The number of aliphatic hydroxyl groups excluding tert-OH is 7. The first-order valence-electron chi connectivity index (χ1n) is 7.08. The van der Waals surface area contributed by atoms with E-state index in [4.69, 9.17) is 14.2 Å². The normalized spacial score (nSPS) is 51.7. The van der Waals surface area contributed by atoms with Gasteiger partial charge in [0.2, 0.25) is 0 Å². The molecular formula is C12H22O10S. The zero-order valence-electron chi connectivity index (χ0n) is 12.0. The van der Waals surface area contributed by atoms with Crippen LogP contribution < -0.4 is 0 Å². The Hall–Kier alpha value is -0.0500. The molecule has 11 heteroatoms. The Morgan fingerprint density at radius 2 is 1.43 bits per heavy atom. The van der Waals surface area contributed by atoms with E-state index < -0.39 is 68.0 Å². The molecule has 2 aliphatic heterocycles. The average molecular weight is 358 g/mol. The number of hydrogen-bond acceptors (Lipinski definition) is 11. The molecule has 2 aliphatic rings. The van der Waals surface area contributed by atoms with Crippen molar-refractivity contribution in [3.8, 4) is 0 Å². The van der Waals surface area contributed by atoms with Gasteiger partial charge in [0.05, 0.1) is 12.7 Å². The minimum Gasteiger partial charge on any atom is -0.394 e. The van der Waals surface area contributed by atoms with E-state index in [9.17, 15) is 35.7 Å². The van der Waals surface area contributed by atoms with Crippen LogP contribution >= 0.6 is 12.6 Å². The van der Waals surface area contributed by atoms with E-state index in [0.717, 1.165) is 0 Å². The van der Waals surface area contributed by atoms with E-state index in [1.165, 1.54) is 0 Å². The number of rotatable bonds is 4. The highest BCUT2D eigenvalue weighted by Gasteiger charge is 2.49. The van der Waals surface area contributed by atoms with Gasteiger partial charge in [-0.3, -0.25) is 0 Å². The van der Waals surface area contributed by atoms with Crippen molar-refractivity contribution in [2.24, 2.45) is 0 Å². The molecule has 0 unspecified atom stereocenters. The summed E-state index contributed by atoms with van der Waals surface area (Å²) >= 11 is 3.96. The molecule has 0 saturated carbocycles. The highest BCUT2D eigenvalue weighted by molar-refractivity contribution is 7.80. The Balaban J connectivity index is 2.11. The molecule has 2 heterocycles. The van der Waals surface area contributed by atoms with Gasteiger partial charge in [0, 0.05) is 5.75 Å². The Labute approximate surface area is 137 Å². The first-order chi connectivity index (χ1) is 10.8. The molecule has 0 radical (unpaired) electrons. The lowest BCUT2D eigenvalue weighted by Crippen LogP contribution is -2.64. The second-order valence-corrected chi connectivity index (χ2v) is 5.89. The molecule has 10 atom stereocenters. The van der Waals surface area contributed by atoms with Gasteiger partial charge < -0.3 is 50.0 Å². The minimum atomic E-state index is -1.71. The SMILES string of the molecule is OC[C@H]1O[C@@H](O)[C@H](O)[C@H](O)[C@@H]1O[C@@H]1O[C@H](CS)[C@@H](O)[C@H](O)[C@H]1O. The van der Waals surface area contributed by atoms with Crippen molar-refractivity contribution in [3.05, 3.63) is 0 Å². The molecule has 10 nitrogen and oxygen atoms in total. The molecule has 0 aromatic rings. The van der Waals surface area contributed by atoms with Crippen molar-refractivity contribution >= 4 is 12.6 Å². The van der Waals surface area contributed by atoms with Crippen molar-refractivity contribution in [1.82, 2.24) is 0 Å². The van der Waals surface area contributed by atoms with Crippen LogP contribution in [0.25, 0.3) is 0 Å². The Morgan fingerprint density at radius 1 is 0.783 bits per heavy atom. The molecule has 23 heavy (non-hydrogen) atoms. The summed E-state index contributed by atoms with van der Waals surface area (Å²) < 4.78 is 15.5. The maximum Gasteiger partial charge on any atom is 0.187 e. The predicted molar refractivity (Wildman–Crippen MR) is 75.4 cm³/mol. The molecule has 0 aromatic heterocycles. The third-order valence-electron chi connectivity index (χ3n) is 3.98. The minimum absolute atomic E-state index is 0.0271. The van der Waals surface area contributed by atoms with Crippen LogP contribution in [0, 0.1) is 0 Å². The lowest BCUT2D eigenvalue weighted by atomic mass is 9.97. The lowest BCUT2D eigenvalue weighted by Gasteiger charge is -2.45. The summed E-state index contributed by atoms with van der Waals surface area (Å²) in [6, 6.07) is 0. The van der Waals surface area contributed by atoms with E-state index in [-0.39, 0.29) is 5.75 Å². The van der Waals surface area contributed by atoms with E-state index >= 15 is 0 Å². The molecule has 2 saturated heterocycles. The maximum absolute atomic E-state index is 9.98. The Bertz CT molecular complexity index is 383. The fourth-order valence-electron chi connectivity index (χ4n) is 2.57. The third kappa shape index (κ3) is 3.80. The van der Waals surface area contributed by atoms with Gasteiger partial charge in [-0.1, -0.05) is 0 Å². The van der Waals surface area contributed by atoms with Crippen LogP contribution in [0.3, 0.4) is 0 Å². The lowest BCUT2D eigenvalue weighted by molar-refractivity contribution is -0.351. The zero-order valence-corrected chi connectivity index (χ0v) is 12.9. The molecule has 0 aliphatic carbocycles. The second kappa shape index (κ2) is 7.89. The second-order valence-electron chi connectivity index (χ2n) is 5.53. The maximum atomic E-state index is 9.98. The molecule has 7 N–H and O–H groups in total. The topological polar surface area (TPSA) is 169 Å². The fraction of sp³-hybridized carbons (Fsp3) is 1.00. The van der Waals surface area contributed by atoms with Crippen LogP contribution in [0.2, 0.25) is 0 Å². The quantitative estimate of drug-likeness (QED) is 0.229. The standard InChI is InChI=1S/C12H22O10S/c13-1-3-10(7(16)8(17)11(19)20-3)22-12-9(18)6(15)5(14)4(2-23)21-12/h3-19,23H,1-2H2/t3-,4-,5-,6+,7+,8-,9-,10-,11-,12+/m1/s1. The first kappa shape index (κ1) is 19.3. The molecule has 2 rings (SSSR count). The van der Waals surface area contributed by atoms with Crippen molar-refractivity contribution in [2.45, 2.75) is 61.4 Å². The van der Waals surface area contributed by atoms with Crippen molar-refractivity contribution < 1.29 is 50.0 Å². The summed E-state index contributed by atoms with van der Waals surface area (Å²) in [6.07, 6.45) is -14.6. The summed E-state index contributed by atoms with van der Waals surface area (Å²) in [4.78, 5) is 0. The first-order valence-corrected chi connectivity index (χ1v) is 7.71. The van der Waals surface area contributed by atoms with Gasteiger partial charge in [0.15, 0.2) is 12.6 Å². The third-order valence-corrected chi connectivity index (χ3v) is 4.34. The van der Waals surface area contributed by atoms with Crippen LogP contribution in [-0.4, -0.2) is 110 Å². The highest BCUT2D eigenvalue weighted by atomic mass is 32.1. The van der Waals surface area contributed by atoms with E-state index in [2.05, 4.69) is 12.6 Å². The van der Waals surface area contributed by atoms with E-state index in [1.54, 1.807) is 0 Å². The van der Waals surface area contributed by atoms with E-state index in [1.807, 2.05) is 0 Å². The summed E-state index contributed by atoms with van der Waals surface area (Å²) in [7, 11) is 0. The van der Waals surface area contributed by atoms with Crippen LogP contribution in [0.5, 0.6) is 0 Å². The number of aliphatic hydroxyl groups is 7. The summed E-state index contributed by atoms with van der Waals surface area (Å²) in [5.74, 6) is 0.0271. The predicted octanol–water partition coefficient (Wildman–Crippen LogP) is -4.46. The van der Waals surface area contributed by atoms with Gasteiger partial charge in [-0.15, -0.1) is 0 Å². The molecule has 0 bridgehead atoms. The molecule has 0 aromatic carbocycles. The Kier molecular flexibility index (Phi) is 6.61. The summed E-state index contributed by atoms with van der Waals surface area (Å²) in [5, 5.41) is 67.7. The molecule has 2 fully saturated rings. The van der Waals surface area contributed by atoms with Crippen LogP contribution in [0.15, 0.2) is 0 Å². The summed E-state index contributed by atoms with van der Waals surface area (Å²) in [6.45, 7) is -0.643. The van der Waals surface area contributed by atoms with Crippen molar-refractivity contribution in [1.29, 1.82) is 0 Å². The van der Waals surface area contributed by atoms with Crippen molar-refractivity contribution in [3.63, 3.8) is 0 Å². The molecular weight excluding hydrogens is 336 g/mol. The van der Waals surface area contributed by atoms with Crippen molar-refractivity contribution in [2.75, 3.05) is 12.4 Å². The molecule has 0 amide bonds. The van der Waals surface area contributed by atoms with Crippen LogP contribution in [0.4, 0.5) is 0 Å². The molecule has 0 spiro atoms. The van der Waals surface area contributed by atoms with E-state index in [0.29, 0.717) is 0 Å². The Morgan fingerprint density at radius 3 is 2.00 bits per heavy atom. The molecule has 136 valence electrons. The number of ether oxygens (including phenoxy) is 3. The average Bonchev–Trinajstić information content (AvgIpc) is 2.55. The van der Waals surface area contributed by atoms with Crippen LogP contribution in [-0.2, 0) is 14.2 Å². The van der Waals surface area contributed by atoms with Gasteiger partial charge in [0.1, 0.15) is 42.7 Å². The van der Waals surface area contributed by atoms with Gasteiger partial charge in [-0.2, -0.15) is 12.6 Å². The number of thiol groups is 1. The highest BCUT2D eigenvalue weighted by Crippen LogP contribution is 2.28. The fourth-order valence-corrected chi connectivity index (χ4v) is 2.87. The summed E-state index contributed by atoms with van der Waals surface area (Å²) in [5.41, 5.74) is 0. The van der Waals surface area contributed by atoms with Gasteiger partial charge in [0.25, 0.3) is 0 Å². The monoisotopic (exact) mass is 358 g/mol. The smallest absolute Gasteiger partial charge is 0.187 e. The number of hydrogen-bond donors (Lipinski definition) is 8. The van der Waals surface area contributed by atoms with Gasteiger partial charge >= 0.3 is 0 Å². The van der Waals surface area contributed by atoms with Crippen LogP contribution in [0.1, 0.15) is 0 Å². The van der Waals surface area contributed by atoms with Gasteiger partial charge in [-0.05, 0) is 0 Å². The largest absolute Gasteiger partial charge is 0.394 e.